The molecule has 0 radical (unpaired) electrons. The predicted octanol–water partition coefficient (Wildman–Crippen LogP) is 3.87. The Kier molecular flexibility index (Phi) is 8.79. The van der Waals surface area contributed by atoms with Crippen molar-refractivity contribution in [2.75, 3.05) is 7.11 Å². The molecule has 1 N–H and O–H groups in total. The van der Waals surface area contributed by atoms with Crippen LogP contribution in [0.2, 0.25) is 0 Å². The lowest BCUT2D eigenvalue weighted by atomic mass is 9.69. The van der Waals surface area contributed by atoms with Crippen molar-refractivity contribution in [2.24, 2.45) is 5.41 Å². The van der Waals surface area contributed by atoms with E-state index in [1.54, 1.807) is 12.2 Å². The number of hydrogen-bond acceptors (Lipinski definition) is 5. The van der Waals surface area contributed by atoms with Gasteiger partial charge in [-0.2, -0.15) is 0 Å². The second-order valence-corrected chi connectivity index (χ2v) is 7.37. The van der Waals surface area contributed by atoms with Gasteiger partial charge in [-0.05, 0) is 52.5 Å². The molecule has 0 heterocycles. The van der Waals surface area contributed by atoms with Gasteiger partial charge in [-0.1, -0.05) is 29.4 Å². The van der Waals surface area contributed by atoms with E-state index in [0.717, 1.165) is 12.8 Å². The van der Waals surface area contributed by atoms with Crippen LogP contribution in [0.3, 0.4) is 0 Å². The molecular weight excluding hydrogens is 332 g/mol. The molecule has 0 aromatic heterocycles. The molecule has 146 valence electrons. The van der Waals surface area contributed by atoms with E-state index < -0.39 is 17.6 Å². The Bertz CT molecular complexity index is 583. The molecular formula is C21H32O5. The Labute approximate surface area is 156 Å². The summed E-state index contributed by atoms with van der Waals surface area (Å²) in [5.74, 6) is -0.757. The highest BCUT2D eigenvalue weighted by molar-refractivity contribution is 5.70. The Hall–Kier alpha value is -1.88. The minimum Gasteiger partial charge on any atom is -0.469 e. The van der Waals surface area contributed by atoms with Crippen LogP contribution >= 0.6 is 0 Å². The molecule has 0 unspecified atom stereocenters. The molecule has 0 bridgehead atoms. The molecule has 1 rings (SSSR count). The molecule has 26 heavy (non-hydrogen) atoms. The van der Waals surface area contributed by atoms with Crippen molar-refractivity contribution in [3.05, 3.63) is 35.5 Å². The van der Waals surface area contributed by atoms with Gasteiger partial charge in [0.2, 0.25) is 0 Å². The van der Waals surface area contributed by atoms with Crippen LogP contribution < -0.4 is 0 Å². The Balaban J connectivity index is 2.95. The summed E-state index contributed by atoms with van der Waals surface area (Å²) in [6.07, 6.45) is 9.21. The molecule has 0 saturated heterocycles. The molecule has 0 fully saturated rings. The van der Waals surface area contributed by atoms with Crippen molar-refractivity contribution < 1.29 is 24.2 Å². The molecule has 5 nitrogen and oxygen atoms in total. The normalized spacial score (nSPS) is 25.5. The average Bonchev–Trinajstić information content (AvgIpc) is 2.55. The van der Waals surface area contributed by atoms with Crippen LogP contribution in [0.1, 0.15) is 59.8 Å². The molecule has 0 aromatic carbocycles. The first-order valence-corrected chi connectivity index (χ1v) is 9.08. The minimum absolute atomic E-state index is 0.0739. The van der Waals surface area contributed by atoms with Crippen LogP contribution in [0.15, 0.2) is 35.5 Å². The van der Waals surface area contributed by atoms with E-state index in [1.165, 1.54) is 25.2 Å². The smallest absolute Gasteiger partial charge is 0.306 e. The fourth-order valence-electron chi connectivity index (χ4n) is 3.20. The molecule has 5 heteroatoms. The summed E-state index contributed by atoms with van der Waals surface area (Å²) in [5.41, 5.74) is 1.76. The summed E-state index contributed by atoms with van der Waals surface area (Å²) in [6, 6.07) is 0. The van der Waals surface area contributed by atoms with Crippen LogP contribution in [-0.2, 0) is 19.1 Å². The summed E-state index contributed by atoms with van der Waals surface area (Å²) >= 11 is 0. The maximum Gasteiger partial charge on any atom is 0.306 e. The van der Waals surface area contributed by atoms with E-state index in [4.69, 9.17) is 9.47 Å². The van der Waals surface area contributed by atoms with Crippen LogP contribution in [0.5, 0.6) is 0 Å². The first-order valence-electron chi connectivity index (χ1n) is 9.08. The fraction of sp³-hybridized carbons (Fsp3) is 0.619. The first-order chi connectivity index (χ1) is 12.2. The molecule has 0 spiro atoms. The number of carbonyl (C=O) groups excluding carboxylic acids is 2. The number of rotatable bonds is 8. The predicted molar refractivity (Wildman–Crippen MR) is 101 cm³/mol. The highest BCUT2D eigenvalue weighted by Gasteiger charge is 2.43. The zero-order chi connectivity index (χ0) is 19.7. The Morgan fingerprint density at radius 3 is 2.46 bits per heavy atom. The first kappa shape index (κ1) is 22.2. The number of esters is 2. The third-order valence-corrected chi connectivity index (χ3v) is 4.73. The number of methoxy groups -OCH3 is 1. The van der Waals surface area contributed by atoms with Gasteiger partial charge < -0.3 is 14.6 Å². The largest absolute Gasteiger partial charge is 0.469 e. The van der Waals surface area contributed by atoms with Gasteiger partial charge in [0, 0.05) is 12.3 Å². The van der Waals surface area contributed by atoms with E-state index in [-0.39, 0.29) is 18.4 Å². The molecule has 0 aliphatic heterocycles. The minimum atomic E-state index is -0.796. The summed E-state index contributed by atoms with van der Waals surface area (Å²) in [4.78, 5) is 23.3. The second-order valence-electron chi connectivity index (χ2n) is 7.37. The number of carbonyl (C=O) groups is 2. The van der Waals surface area contributed by atoms with E-state index in [2.05, 4.69) is 32.9 Å². The van der Waals surface area contributed by atoms with Gasteiger partial charge in [0.1, 0.15) is 6.10 Å². The van der Waals surface area contributed by atoms with Gasteiger partial charge in [0.05, 0.1) is 19.6 Å². The molecule has 0 aromatic rings. The standard InChI is InChI=1S/C21H32O5/c1-15(2)7-6-8-16(3)11-12-21(14-20(24)25-5)13-18(26-17(4)22)9-10-19(21)23/h7,9-11,18-19,23H,6,8,12-14H2,1-5H3/b16-11+/t18-,19-,21-/m1/s1. The summed E-state index contributed by atoms with van der Waals surface area (Å²) in [5, 5.41) is 10.6. The average molecular weight is 364 g/mol. The number of ether oxygens (including phenoxy) is 2. The third-order valence-electron chi connectivity index (χ3n) is 4.73. The van der Waals surface area contributed by atoms with Crippen molar-refractivity contribution in [3.63, 3.8) is 0 Å². The van der Waals surface area contributed by atoms with Gasteiger partial charge in [-0.25, -0.2) is 0 Å². The van der Waals surface area contributed by atoms with E-state index in [0.29, 0.717) is 12.8 Å². The topological polar surface area (TPSA) is 72.8 Å². The number of aliphatic hydroxyl groups is 1. The van der Waals surface area contributed by atoms with Gasteiger partial charge in [-0.3, -0.25) is 9.59 Å². The quantitative estimate of drug-likeness (QED) is 0.523. The zero-order valence-corrected chi connectivity index (χ0v) is 16.6. The molecule has 0 saturated carbocycles. The van der Waals surface area contributed by atoms with Crippen LogP contribution in [0.25, 0.3) is 0 Å². The van der Waals surface area contributed by atoms with Gasteiger partial charge in [0.15, 0.2) is 0 Å². The van der Waals surface area contributed by atoms with E-state index >= 15 is 0 Å². The molecule has 3 atom stereocenters. The third kappa shape index (κ3) is 7.16. The lowest BCUT2D eigenvalue weighted by Gasteiger charge is -2.40. The SMILES string of the molecule is COC(=O)C[C@@]1(C/C=C(\C)CCC=C(C)C)C[C@H](OC(C)=O)C=C[C@H]1O. The van der Waals surface area contributed by atoms with Gasteiger partial charge in [0.25, 0.3) is 0 Å². The van der Waals surface area contributed by atoms with E-state index in [9.17, 15) is 14.7 Å². The van der Waals surface area contributed by atoms with Crippen molar-refractivity contribution in [2.45, 2.75) is 72.0 Å². The van der Waals surface area contributed by atoms with Gasteiger partial charge >= 0.3 is 11.9 Å². The maximum atomic E-state index is 12.0. The van der Waals surface area contributed by atoms with Crippen LogP contribution in [-0.4, -0.2) is 36.4 Å². The fourth-order valence-corrected chi connectivity index (χ4v) is 3.20. The summed E-state index contributed by atoms with van der Waals surface area (Å²) < 4.78 is 10.1. The van der Waals surface area contributed by atoms with Crippen molar-refractivity contribution in [1.82, 2.24) is 0 Å². The highest BCUT2D eigenvalue weighted by atomic mass is 16.5. The molecule has 1 aliphatic rings. The van der Waals surface area contributed by atoms with Gasteiger partial charge in [-0.15, -0.1) is 0 Å². The summed E-state index contributed by atoms with van der Waals surface area (Å²) in [7, 11) is 1.34. The molecule has 1 aliphatic carbocycles. The Morgan fingerprint density at radius 1 is 1.19 bits per heavy atom. The number of allylic oxidation sites excluding steroid dienone is 4. The lowest BCUT2D eigenvalue weighted by Crippen LogP contribution is -2.42. The van der Waals surface area contributed by atoms with E-state index in [1.807, 2.05) is 0 Å². The summed E-state index contributed by atoms with van der Waals surface area (Å²) in [6.45, 7) is 7.56. The van der Waals surface area contributed by atoms with Crippen molar-refractivity contribution in [3.8, 4) is 0 Å². The number of hydrogen-bond donors (Lipinski definition) is 1. The van der Waals surface area contributed by atoms with Crippen LogP contribution in [0, 0.1) is 5.41 Å². The van der Waals surface area contributed by atoms with Crippen LogP contribution in [0.4, 0.5) is 0 Å². The van der Waals surface area contributed by atoms with Crippen molar-refractivity contribution in [1.29, 1.82) is 0 Å². The zero-order valence-electron chi connectivity index (χ0n) is 16.6. The number of aliphatic hydroxyl groups excluding tert-OH is 1. The molecule has 0 amide bonds. The second kappa shape index (κ2) is 10.3. The Morgan fingerprint density at radius 2 is 1.88 bits per heavy atom. The maximum absolute atomic E-state index is 12.0. The monoisotopic (exact) mass is 364 g/mol. The highest BCUT2D eigenvalue weighted by Crippen LogP contribution is 2.42. The van der Waals surface area contributed by atoms with Crippen molar-refractivity contribution >= 4 is 11.9 Å². The lowest BCUT2D eigenvalue weighted by molar-refractivity contribution is -0.150.